The van der Waals surface area contributed by atoms with E-state index in [0.29, 0.717) is 6.04 Å². The van der Waals surface area contributed by atoms with Crippen molar-refractivity contribution >= 4 is 11.8 Å². The molecule has 0 spiro atoms. The van der Waals surface area contributed by atoms with Crippen LogP contribution in [0.3, 0.4) is 0 Å². The highest BCUT2D eigenvalue weighted by molar-refractivity contribution is 7.98. The molecule has 3 unspecified atom stereocenters. The summed E-state index contributed by atoms with van der Waals surface area (Å²) in [5.74, 6) is 2.94. The molecule has 0 saturated heterocycles. The van der Waals surface area contributed by atoms with Gasteiger partial charge in [-0.1, -0.05) is 13.3 Å². The van der Waals surface area contributed by atoms with Crippen LogP contribution in [0.15, 0.2) is 0 Å². The Balaban J connectivity index is 2.27. The van der Waals surface area contributed by atoms with Gasteiger partial charge in [-0.2, -0.15) is 11.8 Å². The lowest BCUT2D eigenvalue weighted by molar-refractivity contribution is 0.172. The molecule has 0 amide bonds. The van der Waals surface area contributed by atoms with Crippen LogP contribution in [0.5, 0.6) is 0 Å². The van der Waals surface area contributed by atoms with Gasteiger partial charge >= 0.3 is 0 Å². The zero-order valence-corrected chi connectivity index (χ0v) is 12.6. The summed E-state index contributed by atoms with van der Waals surface area (Å²) in [5, 5.41) is 0. The van der Waals surface area contributed by atoms with Crippen molar-refractivity contribution in [3.63, 3.8) is 0 Å². The molecule has 2 nitrogen and oxygen atoms in total. The highest BCUT2D eigenvalue weighted by Gasteiger charge is 2.27. The lowest BCUT2D eigenvalue weighted by atomic mass is 9.77. The molecular weight excluding hydrogens is 228 g/mol. The van der Waals surface area contributed by atoms with E-state index in [4.69, 9.17) is 5.73 Å². The van der Waals surface area contributed by atoms with Gasteiger partial charge < -0.3 is 10.6 Å². The van der Waals surface area contributed by atoms with Crippen LogP contribution in [-0.4, -0.2) is 43.1 Å². The van der Waals surface area contributed by atoms with Crippen LogP contribution in [0, 0.1) is 11.8 Å². The summed E-state index contributed by atoms with van der Waals surface area (Å²) in [6, 6.07) is 0.445. The van der Waals surface area contributed by atoms with Crippen molar-refractivity contribution in [2.24, 2.45) is 17.6 Å². The maximum Gasteiger partial charge on any atom is 0.00795 e. The van der Waals surface area contributed by atoms with Crippen LogP contribution in [0.2, 0.25) is 0 Å². The number of nitrogens with two attached hydrogens (primary N) is 1. The number of thioether (sulfide) groups is 1. The largest absolute Gasteiger partial charge is 0.327 e. The fraction of sp³-hybridized carbons (Fsp3) is 1.00. The second-order valence-electron chi connectivity index (χ2n) is 5.62. The third kappa shape index (κ3) is 5.62. The lowest BCUT2D eigenvalue weighted by Gasteiger charge is -2.36. The van der Waals surface area contributed by atoms with Gasteiger partial charge in [-0.3, -0.25) is 0 Å². The molecule has 0 aromatic rings. The van der Waals surface area contributed by atoms with Crippen molar-refractivity contribution in [2.45, 2.75) is 45.1 Å². The third-order valence-electron chi connectivity index (χ3n) is 4.16. The molecule has 0 aromatic carbocycles. The summed E-state index contributed by atoms with van der Waals surface area (Å²) < 4.78 is 0. The standard InChI is InChI=1S/C14H30N2S/c1-4-12-6-7-14(15)13(10-12)11-16(2)8-5-9-17-3/h12-14H,4-11,15H2,1-3H3. The van der Waals surface area contributed by atoms with Crippen molar-refractivity contribution in [3.8, 4) is 0 Å². The third-order valence-corrected chi connectivity index (χ3v) is 4.86. The zero-order chi connectivity index (χ0) is 12.7. The maximum atomic E-state index is 6.27. The molecule has 0 bridgehead atoms. The van der Waals surface area contributed by atoms with Crippen molar-refractivity contribution in [1.82, 2.24) is 4.90 Å². The Morgan fingerprint density at radius 1 is 1.35 bits per heavy atom. The molecule has 0 aliphatic heterocycles. The van der Waals surface area contributed by atoms with Gasteiger partial charge in [0.05, 0.1) is 0 Å². The average Bonchev–Trinajstić information content (AvgIpc) is 2.32. The van der Waals surface area contributed by atoms with E-state index < -0.39 is 0 Å². The lowest BCUT2D eigenvalue weighted by Crippen LogP contribution is -2.42. The summed E-state index contributed by atoms with van der Waals surface area (Å²) >= 11 is 1.94. The topological polar surface area (TPSA) is 29.3 Å². The molecule has 0 aromatic heterocycles. The van der Waals surface area contributed by atoms with Gasteiger partial charge in [0.15, 0.2) is 0 Å². The molecule has 1 aliphatic rings. The van der Waals surface area contributed by atoms with E-state index >= 15 is 0 Å². The monoisotopic (exact) mass is 258 g/mol. The van der Waals surface area contributed by atoms with Crippen LogP contribution in [-0.2, 0) is 0 Å². The minimum Gasteiger partial charge on any atom is -0.327 e. The van der Waals surface area contributed by atoms with E-state index in [1.54, 1.807) is 0 Å². The summed E-state index contributed by atoms with van der Waals surface area (Å²) in [6.07, 6.45) is 8.76. The van der Waals surface area contributed by atoms with Crippen LogP contribution >= 0.6 is 11.8 Å². The normalized spacial score (nSPS) is 29.8. The number of hydrogen-bond donors (Lipinski definition) is 1. The van der Waals surface area contributed by atoms with Gasteiger partial charge in [-0.25, -0.2) is 0 Å². The molecule has 1 aliphatic carbocycles. The molecule has 2 N–H and O–H groups in total. The van der Waals surface area contributed by atoms with Crippen LogP contribution in [0.4, 0.5) is 0 Å². The highest BCUT2D eigenvalue weighted by atomic mass is 32.2. The summed E-state index contributed by atoms with van der Waals surface area (Å²) in [6.45, 7) is 4.74. The Morgan fingerprint density at radius 3 is 2.76 bits per heavy atom. The average molecular weight is 258 g/mol. The van der Waals surface area contributed by atoms with Crippen molar-refractivity contribution in [2.75, 3.05) is 32.1 Å². The first-order chi connectivity index (χ1) is 8.17. The van der Waals surface area contributed by atoms with E-state index in [9.17, 15) is 0 Å². The molecule has 102 valence electrons. The second-order valence-corrected chi connectivity index (χ2v) is 6.61. The van der Waals surface area contributed by atoms with E-state index in [1.807, 2.05) is 11.8 Å². The SMILES string of the molecule is CCC1CCC(N)C(CN(C)CCCSC)C1. The minimum absolute atomic E-state index is 0.445. The Bertz CT molecular complexity index is 199. The van der Waals surface area contributed by atoms with E-state index in [1.165, 1.54) is 50.9 Å². The van der Waals surface area contributed by atoms with Crippen molar-refractivity contribution in [3.05, 3.63) is 0 Å². The minimum atomic E-state index is 0.445. The van der Waals surface area contributed by atoms with Gasteiger partial charge in [-0.15, -0.1) is 0 Å². The van der Waals surface area contributed by atoms with Crippen LogP contribution < -0.4 is 5.73 Å². The molecule has 1 rings (SSSR count). The molecule has 17 heavy (non-hydrogen) atoms. The first kappa shape index (κ1) is 15.3. The molecule has 0 heterocycles. The Labute approximate surface area is 112 Å². The quantitative estimate of drug-likeness (QED) is 0.712. The van der Waals surface area contributed by atoms with Crippen molar-refractivity contribution < 1.29 is 0 Å². The zero-order valence-electron chi connectivity index (χ0n) is 11.8. The second kappa shape index (κ2) is 8.39. The molecular formula is C14H30N2S. The fourth-order valence-electron chi connectivity index (χ4n) is 2.94. The van der Waals surface area contributed by atoms with Gasteiger partial charge in [0.2, 0.25) is 0 Å². The van der Waals surface area contributed by atoms with Gasteiger partial charge in [-0.05, 0) is 63.1 Å². The molecule has 3 heteroatoms. The van der Waals surface area contributed by atoms with E-state index in [-0.39, 0.29) is 0 Å². The predicted octanol–water partition coefficient (Wildman–Crippen LogP) is 2.82. The van der Waals surface area contributed by atoms with Gasteiger partial charge in [0, 0.05) is 12.6 Å². The Hall–Kier alpha value is 0.270. The molecule has 1 fully saturated rings. The summed E-state index contributed by atoms with van der Waals surface area (Å²) in [7, 11) is 2.25. The predicted molar refractivity (Wildman–Crippen MR) is 79.6 cm³/mol. The first-order valence-electron chi connectivity index (χ1n) is 7.10. The summed E-state index contributed by atoms with van der Waals surface area (Å²) in [4.78, 5) is 2.48. The smallest absolute Gasteiger partial charge is 0.00795 e. The first-order valence-corrected chi connectivity index (χ1v) is 8.49. The van der Waals surface area contributed by atoms with E-state index in [2.05, 4.69) is 25.1 Å². The van der Waals surface area contributed by atoms with Gasteiger partial charge in [0.25, 0.3) is 0 Å². The number of rotatable bonds is 7. The number of hydrogen-bond acceptors (Lipinski definition) is 3. The van der Waals surface area contributed by atoms with Crippen LogP contribution in [0.25, 0.3) is 0 Å². The van der Waals surface area contributed by atoms with Crippen LogP contribution in [0.1, 0.15) is 39.0 Å². The number of nitrogens with zero attached hydrogens (tertiary/aromatic N) is 1. The highest BCUT2D eigenvalue weighted by Crippen LogP contribution is 2.30. The Kier molecular flexibility index (Phi) is 7.56. The fourth-order valence-corrected chi connectivity index (χ4v) is 3.35. The van der Waals surface area contributed by atoms with Gasteiger partial charge in [0.1, 0.15) is 0 Å². The molecule has 1 saturated carbocycles. The summed E-state index contributed by atoms with van der Waals surface area (Å²) in [5.41, 5.74) is 6.27. The van der Waals surface area contributed by atoms with Crippen molar-refractivity contribution in [1.29, 1.82) is 0 Å². The van der Waals surface area contributed by atoms with E-state index in [0.717, 1.165) is 11.8 Å². The Morgan fingerprint density at radius 2 is 2.12 bits per heavy atom. The molecule has 0 radical (unpaired) electrons. The molecule has 3 atom stereocenters. The maximum absolute atomic E-state index is 6.27.